The van der Waals surface area contributed by atoms with Crippen molar-refractivity contribution in [3.8, 4) is 0 Å². The Bertz CT molecular complexity index is 292. The summed E-state index contributed by atoms with van der Waals surface area (Å²) in [7, 11) is 0. The first-order chi connectivity index (χ1) is 10.7. The summed E-state index contributed by atoms with van der Waals surface area (Å²) in [4.78, 5) is 22.2. The zero-order valence-electron chi connectivity index (χ0n) is 13.8. The van der Waals surface area contributed by atoms with Gasteiger partial charge in [0.1, 0.15) is 0 Å². The minimum Gasteiger partial charge on any atom is -0.355 e. The highest BCUT2D eigenvalue weighted by Crippen LogP contribution is 2.09. The van der Waals surface area contributed by atoms with E-state index in [0.717, 1.165) is 42.5 Å². The molecule has 0 fully saturated rings. The first-order valence-corrected chi connectivity index (χ1v) is 11.4. The number of carbonyl (C=O) groups is 2. The predicted molar refractivity (Wildman–Crippen MR) is 103 cm³/mol. The molecule has 0 radical (unpaired) electrons. The summed E-state index contributed by atoms with van der Waals surface area (Å²) in [5.41, 5.74) is 0. The molecule has 0 aliphatic heterocycles. The van der Waals surface area contributed by atoms with Crippen molar-refractivity contribution in [2.24, 2.45) is 0 Å². The fraction of sp³-hybridized carbons (Fsp3) is 0.867. The van der Waals surface area contributed by atoms with Gasteiger partial charge in [-0.15, -0.1) is 0 Å². The predicted octanol–water partition coefficient (Wildman–Crippen LogP) is 2.63. The first-order valence-electron chi connectivity index (χ1n) is 7.97. The van der Waals surface area contributed by atoms with Gasteiger partial charge < -0.3 is 10.6 Å². The smallest absolute Gasteiger partial charge is 0.220 e. The van der Waals surface area contributed by atoms with Crippen LogP contribution in [-0.2, 0) is 9.59 Å². The van der Waals surface area contributed by atoms with Crippen molar-refractivity contribution in [2.45, 2.75) is 33.1 Å². The third-order valence-corrected chi connectivity index (χ3v) is 6.15. The van der Waals surface area contributed by atoms with Gasteiger partial charge in [-0.1, -0.05) is 13.8 Å². The molecule has 22 heavy (non-hydrogen) atoms. The van der Waals surface area contributed by atoms with Gasteiger partial charge in [-0.25, -0.2) is 0 Å². The Hall–Kier alpha value is -0.0100. The van der Waals surface area contributed by atoms with Gasteiger partial charge in [0.05, 0.1) is 0 Å². The number of hydrogen-bond acceptors (Lipinski definition) is 5. The molecule has 7 heteroatoms. The van der Waals surface area contributed by atoms with Crippen LogP contribution in [0.25, 0.3) is 0 Å². The Labute approximate surface area is 148 Å². The molecule has 4 nitrogen and oxygen atoms in total. The maximum atomic E-state index is 11.2. The van der Waals surface area contributed by atoms with E-state index in [2.05, 4.69) is 10.6 Å². The molecule has 0 unspecified atom stereocenters. The van der Waals surface area contributed by atoms with Crippen LogP contribution in [0.2, 0.25) is 0 Å². The van der Waals surface area contributed by atoms with E-state index in [-0.39, 0.29) is 11.8 Å². The fourth-order valence-corrected chi connectivity index (χ4v) is 4.50. The van der Waals surface area contributed by atoms with Crippen LogP contribution < -0.4 is 10.6 Å². The van der Waals surface area contributed by atoms with E-state index in [1.54, 1.807) is 0 Å². The molecule has 0 aromatic rings. The summed E-state index contributed by atoms with van der Waals surface area (Å²) in [6, 6.07) is 0. The van der Waals surface area contributed by atoms with Crippen LogP contribution in [0, 0.1) is 0 Å². The minimum absolute atomic E-state index is 0.137. The van der Waals surface area contributed by atoms with Crippen molar-refractivity contribution in [3.05, 3.63) is 0 Å². The Balaban J connectivity index is 3.08. The molecule has 130 valence electrons. The van der Waals surface area contributed by atoms with Crippen molar-refractivity contribution in [1.29, 1.82) is 0 Å². The molecule has 0 saturated carbocycles. The molecule has 0 spiro atoms. The highest BCUT2D eigenvalue weighted by molar-refractivity contribution is 8.04. The van der Waals surface area contributed by atoms with Crippen LogP contribution in [-0.4, -0.2) is 59.4 Å². The lowest BCUT2D eigenvalue weighted by Gasteiger charge is -2.05. The highest BCUT2D eigenvalue weighted by atomic mass is 32.2. The largest absolute Gasteiger partial charge is 0.355 e. The van der Waals surface area contributed by atoms with Crippen molar-refractivity contribution >= 4 is 47.1 Å². The number of carbonyl (C=O) groups excluding carboxylic acids is 2. The summed E-state index contributed by atoms with van der Waals surface area (Å²) in [6.07, 6.45) is 2.12. The van der Waals surface area contributed by atoms with E-state index in [9.17, 15) is 9.59 Å². The summed E-state index contributed by atoms with van der Waals surface area (Å²) in [5, 5.41) is 5.81. The summed E-state index contributed by atoms with van der Waals surface area (Å²) >= 11 is 5.77. The quantitative estimate of drug-likeness (QED) is 0.436. The zero-order valence-corrected chi connectivity index (χ0v) is 16.3. The minimum atomic E-state index is 0.137. The van der Waals surface area contributed by atoms with E-state index >= 15 is 0 Å². The number of rotatable bonds is 15. The standard InChI is InChI=1S/C15H30N2O2S3/c1-3-5-15(19)17-7-9-21-11-13-22-12-10-20-8-6-16-14(18)4-2/h3-13H2,1-2H3,(H,16,18)(H,17,19). The second-order valence-corrected chi connectivity index (χ2v) is 8.31. The maximum absolute atomic E-state index is 11.2. The molecule has 2 amide bonds. The molecule has 2 N–H and O–H groups in total. The molecule has 0 saturated heterocycles. The molecule has 0 heterocycles. The highest BCUT2D eigenvalue weighted by Gasteiger charge is 1.98. The lowest BCUT2D eigenvalue weighted by molar-refractivity contribution is -0.121. The van der Waals surface area contributed by atoms with Gasteiger partial charge >= 0.3 is 0 Å². The SMILES string of the molecule is CCCC(=O)NCCSCCSCCSCCNC(=O)CC. The van der Waals surface area contributed by atoms with E-state index in [4.69, 9.17) is 0 Å². The normalized spacial score (nSPS) is 10.5. The van der Waals surface area contributed by atoms with E-state index in [0.29, 0.717) is 12.8 Å². The van der Waals surface area contributed by atoms with Crippen LogP contribution in [0.1, 0.15) is 33.1 Å². The van der Waals surface area contributed by atoms with Crippen LogP contribution >= 0.6 is 35.3 Å². The number of nitrogens with one attached hydrogen (secondary N) is 2. The molecule has 0 aliphatic carbocycles. The third-order valence-electron chi connectivity index (χ3n) is 2.68. The van der Waals surface area contributed by atoms with Gasteiger partial charge in [0.2, 0.25) is 11.8 Å². The van der Waals surface area contributed by atoms with Crippen molar-refractivity contribution < 1.29 is 9.59 Å². The Morgan fingerprint density at radius 3 is 1.64 bits per heavy atom. The van der Waals surface area contributed by atoms with Gasteiger partial charge in [-0.2, -0.15) is 35.3 Å². The molecular formula is C15H30N2O2S3. The van der Waals surface area contributed by atoms with Crippen molar-refractivity contribution in [2.75, 3.05) is 47.6 Å². The topological polar surface area (TPSA) is 58.2 Å². The molecule has 0 aliphatic rings. The summed E-state index contributed by atoms with van der Waals surface area (Å²) in [5.74, 6) is 6.93. The molecule has 0 aromatic heterocycles. The van der Waals surface area contributed by atoms with E-state index < -0.39 is 0 Å². The number of hydrogen-bond donors (Lipinski definition) is 2. The maximum Gasteiger partial charge on any atom is 0.220 e. The van der Waals surface area contributed by atoms with Crippen molar-refractivity contribution in [1.82, 2.24) is 10.6 Å². The van der Waals surface area contributed by atoms with Gasteiger partial charge in [0.25, 0.3) is 0 Å². The van der Waals surface area contributed by atoms with Gasteiger partial charge in [0.15, 0.2) is 0 Å². The molecule has 0 aromatic carbocycles. The second-order valence-electron chi connectivity index (χ2n) is 4.64. The zero-order chi connectivity index (χ0) is 16.5. The van der Waals surface area contributed by atoms with Gasteiger partial charge in [-0.05, 0) is 6.42 Å². The van der Waals surface area contributed by atoms with E-state index in [1.807, 2.05) is 49.1 Å². The van der Waals surface area contributed by atoms with Crippen LogP contribution in [0.15, 0.2) is 0 Å². The third kappa shape index (κ3) is 16.4. The summed E-state index contributed by atoms with van der Waals surface area (Å²) < 4.78 is 0. The molecule has 0 bridgehead atoms. The van der Waals surface area contributed by atoms with Crippen LogP contribution in [0.4, 0.5) is 0 Å². The van der Waals surface area contributed by atoms with Crippen LogP contribution in [0.5, 0.6) is 0 Å². The Morgan fingerprint density at radius 1 is 0.727 bits per heavy atom. The second kappa shape index (κ2) is 17.3. The molecule has 0 rings (SSSR count). The average molecular weight is 367 g/mol. The lowest BCUT2D eigenvalue weighted by atomic mass is 10.3. The lowest BCUT2D eigenvalue weighted by Crippen LogP contribution is -2.25. The summed E-state index contributed by atoms with van der Waals surface area (Å²) in [6.45, 7) is 5.45. The first kappa shape index (κ1) is 22.0. The fourth-order valence-electron chi connectivity index (χ4n) is 1.51. The van der Waals surface area contributed by atoms with Gasteiger partial charge in [0, 0.05) is 60.4 Å². The number of amides is 2. The number of thioether (sulfide) groups is 3. The Kier molecular flexibility index (Phi) is 17.3. The van der Waals surface area contributed by atoms with E-state index in [1.165, 1.54) is 11.5 Å². The van der Waals surface area contributed by atoms with Crippen LogP contribution in [0.3, 0.4) is 0 Å². The van der Waals surface area contributed by atoms with Crippen molar-refractivity contribution in [3.63, 3.8) is 0 Å². The van der Waals surface area contributed by atoms with Gasteiger partial charge in [-0.3, -0.25) is 9.59 Å². The average Bonchev–Trinajstić information content (AvgIpc) is 2.51. The molecule has 0 atom stereocenters. The molecular weight excluding hydrogens is 336 g/mol. The monoisotopic (exact) mass is 366 g/mol. The Morgan fingerprint density at radius 2 is 1.18 bits per heavy atom.